The largest absolute Gasteiger partial charge is 0.471 e. The number of carbonyl (C=O) groups is 1. The summed E-state index contributed by atoms with van der Waals surface area (Å²) in [6.07, 6.45) is 3.79. The average molecular weight is 247 g/mol. The molecule has 0 aliphatic heterocycles. The van der Waals surface area contributed by atoms with E-state index in [1.54, 1.807) is 4.68 Å². The zero-order valence-corrected chi connectivity index (χ0v) is 10.8. The first-order chi connectivity index (χ1) is 8.58. The highest BCUT2D eigenvalue weighted by molar-refractivity contribution is 5.75. The normalized spacial score (nSPS) is 9.28. The third-order valence-electron chi connectivity index (χ3n) is 2.32. The van der Waals surface area contributed by atoms with Crippen LogP contribution in [-0.4, -0.2) is 23.4 Å². The van der Waals surface area contributed by atoms with Crippen molar-refractivity contribution in [2.24, 2.45) is 7.05 Å². The number of rotatable bonds is 2. The lowest BCUT2D eigenvalue weighted by molar-refractivity contribution is -0.126. The Hall–Kier alpha value is -2.30. The molecule has 1 aromatic carbocycles. The Morgan fingerprint density at radius 3 is 2.61 bits per heavy atom. The fraction of sp³-hybridized carbons (Fsp3) is 0.231. The third-order valence-corrected chi connectivity index (χ3v) is 2.32. The van der Waals surface area contributed by atoms with Crippen molar-refractivity contribution < 1.29 is 9.53 Å². The Balaban J connectivity index is 0.000000357. The minimum absolute atomic E-state index is 0.375. The minimum Gasteiger partial charge on any atom is -0.471 e. The number of aromatic nitrogens is 2. The molecule has 2 N–H and O–H groups in total. The highest BCUT2D eigenvalue weighted by Crippen LogP contribution is 2.25. The first kappa shape index (κ1) is 13.8. The maximum atomic E-state index is 8.95. The molecule has 18 heavy (non-hydrogen) atoms. The summed E-state index contributed by atoms with van der Waals surface area (Å²) >= 11 is 0. The van der Waals surface area contributed by atoms with E-state index >= 15 is 0 Å². The lowest BCUT2D eigenvalue weighted by Crippen LogP contribution is -1.89. The molecule has 0 atom stereocenters. The van der Waals surface area contributed by atoms with Crippen molar-refractivity contribution >= 4 is 12.2 Å². The van der Waals surface area contributed by atoms with Crippen LogP contribution in [-0.2, 0) is 16.6 Å². The molecule has 1 aromatic heterocycles. The van der Waals surface area contributed by atoms with Gasteiger partial charge in [0.2, 0.25) is 0 Å². The highest BCUT2D eigenvalue weighted by Gasteiger charge is 2.04. The van der Waals surface area contributed by atoms with Crippen LogP contribution in [0.15, 0.2) is 30.6 Å². The number of hydrogen-bond donors (Lipinski definition) is 1. The van der Waals surface area contributed by atoms with Crippen molar-refractivity contribution in [2.45, 2.75) is 6.92 Å². The van der Waals surface area contributed by atoms with E-state index in [9.17, 15) is 0 Å². The molecule has 0 spiro atoms. The molecule has 5 heteroatoms. The van der Waals surface area contributed by atoms with Crippen LogP contribution < -0.4 is 5.73 Å². The molecule has 96 valence electrons. The SMILES string of the molecule is COC=O.Cc1ccc(N)c(-c2cnn(C)c2)c1. The van der Waals surface area contributed by atoms with Gasteiger partial charge in [0.05, 0.1) is 13.3 Å². The van der Waals surface area contributed by atoms with Gasteiger partial charge in [0.25, 0.3) is 6.47 Å². The molecule has 0 saturated carbocycles. The number of nitrogens with zero attached hydrogens (tertiary/aromatic N) is 2. The summed E-state index contributed by atoms with van der Waals surface area (Å²) < 4.78 is 5.64. The zero-order chi connectivity index (χ0) is 13.5. The summed E-state index contributed by atoms with van der Waals surface area (Å²) in [6, 6.07) is 6.01. The van der Waals surface area contributed by atoms with Gasteiger partial charge < -0.3 is 10.5 Å². The Labute approximate surface area is 106 Å². The van der Waals surface area contributed by atoms with E-state index in [-0.39, 0.29) is 0 Å². The van der Waals surface area contributed by atoms with E-state index in [4.69, 9.17) is 10.5 Å². The van der Waals surface area contributed by atoms with Crippen LogP contribution >= 0.6 is 0 Å². The van der Waals surface area contributed by atoms with Crippen LogP contribution in [0, 0.1) is 6.92 Å². The molecule has 0 radical (unpaired) electrons. The van der Waals surface area contributed by atoms with Gasteiger partial charge in [-0.1, -0.05) is 11.6 Å². The van der Waals surface area contributed by atoms with Crippen molar-refractivity contribution in [3.63, 3.8) is 0 Å². The molecule has 2 aromatic rings. The highest BCUT2D eigenvalue weighted by atomic mass is 16.5. The van der Waals surface area contributed by atoms with Crippen LogP contribution in [0.2, 0.25) is 0 Å². The number of hydrogen-bond acceptors (Lipinski definition) is 4. The van der Waals surface area contributed by atoms with E-state index in [0.29, 0.717) is 6.47 Å². The molecule has 0 aliphatic carbocycles. The quantitative estimate of drug-likeness (QED) is 0.648. The van der Waals surface area contributed by atoms with Gasteiger partial charge in [0.15, 0.2) is 0 Å². The summed E-state index contributed by atoms with van der Waals surface area (Å²) in [4.78, 5) is 8.95. The second-order valence-corrected chi connectivity index (χ2v) is 3.83. The lowest BCUT2D eigenvalue weighted by Gasteiger charge is -2.03. The molecule has 5 nitrogen and oxygen atoms in total. The average Bonchev–Trinajstić information content (AvgIpc) is 2.79. The summed E-state index contributed by atoms with van der Waals surface area (Å²) in [5.74, 6) is 0. The predicted octanol–water partition coefficient (Wildman–Crippen LogP) is 1.77. The Morgan fingerprint density at radius 2 is 2.11 bits per heavy atom. The molecule has 1 heterocycles. The molecular weight excluding hydrogens is 230 g/mol. The number of aryl methyl sites for hydroxylation is 2. The van der Waals surface area contributed by atoms with Crippen molar-refractivity contribution in [1.29, 1.82) is 0 Å². The van der Waals surface area contributed by atoms with Gasteiger partial charge in [-0.25, -0.2) is 0 Å². The standard InChI is InChI=1S/C11H13N3.C2H4O2/c1-8-3-4-11(12)10(5-8)9-6-13-14(2)7-9;1-4-2-3/h3-7H,12H2,1-2H3;2H,1H3. The van der Waals surface area contributed by atoms with Gasteiger partial charge in [-0.3, -0.25) is 9.48 Å². The van der Waals surface area contributed by atoms with Crippen molar-refractivity contribution in [1.82, 2.24) is 9.78 Å². The number of ether oxygens (including phenoxy) is 1. The van der Waals surface area contributed by atoms with Gasteiger partial charge in [-0.05, 0) is 19.1 Å². The summed E-state index contributed by atoms with van der Waals surface area (Å²) in [6.45, 7) is 2.43. The molecule has 0 aliphatic rings. The van der Waals surface area contributed by atoms with Crippen LogP contribution in [0.4, 0.5) is 5.69 Å². The minimum atomic E-state index is 0.375. The smallest absolute Gasteiger partial charge is 0.292 e. The number of carbonyl (C=O) groups excluding carboxylic acids is 1. The van der Waals surface area contributed by atoms with Gasteiger partial charge in [0.1, 0.15) is 0 Å². The zero-order valence-electron chi connectivity index (χ0n) is 10.8. The second kappa shape index (κ2) is 6.44. The van der Waals surface area contributed by atoms with E-state index in [0.717, 1.165) is 16.8 Å². The van der Waals surface area contributed by atoms with Crippen molar-refractivity contribution in [3.05, 3.63) is 36.2 Å². The van der Waals surface area contributed by atoms with Gasteiger partial charge in [-0.2, -0.15) is 5.10 Å². The van der Waals surface area contributed by atoms with Gasteiger partial charge in [-0.15, -0.1) is 0 Å². The van der Waals surface area contributed by atoms with Crippen LogP contribution in [0.25, 0.3) is 11.1 Å². The van der Waals surface area contributed by atoms with Gasteiger partial charge in [0, 0.05) is 30.1 Å². The van der Waals surface area contributed by atoms with Crippen molar-refractivity contribution in [2.75, 3.05) is 12.8 Å². The summed E-state index contributed by atoms with van der Waals surface area (Å²) in [5, 5.41) is 4.12. The Morgan fingerprint density at radius 1 is 1.44 bits per heavy atom. The third kappa shape index (κ3) is 3.62. The second-order valence-electron chi connectivity index (χ2n) is 3.83. The molecule has 0 bridgehead atoms. The number of methoxy groups -OCH3 is 1. The molecule has 0 fully saturated rings. The van der Waals surface area contributed by atoms with E-state index in [2.05, 4.69) is 22.8 Å². The molecule has 0 saturated heterocycles. The number of benzene rings is 1. The fourth-order valence-electron chi connectivity index (χ4n) is 1.48. The maximum absolute atomic E-state index is 8.95. The van der Waals surface area contributed by atoms with Crippen molar-refractivity contribution in [3.8, 4) is 11.1 Å². The molecule has 0 unspecified atom stereocenters. The Kier molecular flexibility index (Phi) is 4.92. The monoisotopic (exact) mass is 247 g/mol. The molecule has 0 amide bonds. The van der Waals surface area contributed by atoms with Crippen LogP contribution in [0.1, 0.15) is 5.56 Å². The number of nitrogens with two attached hydrogens (primary N) is 1. The predicted molar refractivity (Wildman–Crippen MR) is 70.9 cm³/mol. The first-order valence-corrected chi connectivity index (χ1v) is 5.40. The van der Waals surface area contributed by atoms with Gasteiger partial charge >= 0.3 is 0 Å². The fourth-order valence-corrected chi connectivity index (χ4v) is 1.48. The first-order valence-electron chi connectivity index (χ1n) is 5.40. The number of anilines is 1. The number of nitrogen functional groups attached to an aromatic ring is 1. The summed E-state index contributed by atoms with van der Waals surface area (Å²) in [7, 11) is 3.21. The van der Waals surface area contributed by atoms with E-state index in [1.165, 1.54) is 12.7 Å². The van der Waals surface area contributed by atoms with E-state index in [1.807, 2.05) is 31.6 Å². The van der Waals surface area contributed by atoms with Crippen LogP contribution in [0.3, 0.4) is 0 Å². The Bertz CT molecular complexity index is 521. The summed E-state index contributed by atoms with van der Waals surface area (Å²) in [5.41, 5.74) is 10.0. The maximum Gasteiger partial charge on any atom is 0.292 e. The topological polar surface area (TPSA) is 70.1 Å². The molecular formula is C13H17N3O2. The van der Waals surface area contributed by atoms with Crippen LogP contribution in [0.5, 0.6) is 0 Å². The molecule has 2 rings (SSSR count). The lowest BCUT2D eigenvalue weighted by atomic mass is 10.1. The van der Waals surface area contributed by atoms with E-state index < -0.39 is 0 Å².